The van der Waals surface area contributed by atoms with Gasteiger partial charge in [-0.05, 0) is 37.6 Å². The average Bonchev–Trinajstić information content (AvgIpc) is 2.76. The fourth-order valence-corrected chi connectivity index (χ4v) is 3.96. The van der Waals surface area contributed by atoms with Crippen LogP contribution in [0.3, 0.4) is 0 Å². The van der Waals surface area contributed by atoms with Crippen LogP contribution in [0.15, 0.2) is 36.4 Å². The van der Waals surface area contributed by atoms with Gasteiger partial charge in [0, 0.05) is 44.4 Å². The van der Waals surface area contributed by atoms with Crippen LogP contribution in [-0.2, 0) is 0 Å². The monoisotopic (exact) mass is 416 g/mol. The fourth-order valence-electron chi connectivity index (χ4n) is 3.71. The minimum absolute atomic E-state index is 0.222. The molecule has 0 atom stereocenters. The highest BCUT2D eigenvalue weighted by molar-refractivity contribution is 6.33. The van der Waals surface area contributed by atoms with E-state index >= 15 is 0 Å². The Hall–Kier alpha value is -2.31. The zero-order valence-electron chi connectivity index (χ0n) is 16.4. The number of ether oxygens (including phenoxy) is 1. The third-order valence-corrected chi connectivity index (χ3v) is 5.72. The van der Waals surface area contributed by atoms with Gasteiger partial charge in [0.2, 0.25) is 5.88 Å². The maximum absolute atomic E-state index is 13.7. The number of aromatic nitrogens is 1. The highest BCUT2D eigenvalue weighted by atomic mass is 35.5. The second kappa shape index (κ2) is 9.46. The SMILES string of the molecule is Fc1cccc(N2CCN(CCCCOc3ccc4c(n3)NCC=C4)CC2)c1Cl. The number of anilines is 2. The number of hydrogen-bond donors (Lipinski definition) is 1. The standard InChI is InChI=1S/C22H26ClFN4O/c23-21-18(24)6-3-7-19(21)28-14-12-27(13-15-28)11-1-2-16-29-20-9-8-17-5-4-10-25-22(17)26-20/h3-9H,1-2,10-16H2,(H,25,26). The molecule has 1 aromatic heterocycles. The van der Waals surface area contributed by atoms with Gasteiger partial charge < -0.3 is 15.0 Å². The van der Waals surface area contributed by atoms with E-state index in [0.717, 1.165) is 69.2 Å². The summed E-state index contributed by atoms with van der Waals surface area (Å²) in [5, 5.41) is 3.47. The Morgan fingerprint density at radius 3 is 2.83 bits per heavy atom. The number of halogens is 2. The molecule has 0 amide bonds. The van der Waals surface area contributed by atoms with E-state index in [-0.39, 0.29) is 10.8 Å². The molecular formula is C22H26ClFN4O. The van der Waals surface area contributed by atoms with Gasteiger partial charge in [-0.25, -0.2) is 4.39 Å². The first-order valence-corrected chi connectivity index (χ1v) is 10.5. The van der Waals surface area contributed by atoms with Crippen LogP contribution in [0.25, 0.3) is 6.08 Å². The van der Waals surface area contributed by atoms with Gasteiger partial charge in [0.25, 0.3) is 0 Å². The minimum Gasteiger partial charge on any atom is -0.478 e. The minimum atomic E-state index is -0.354. The largest absolute Gasteiger partial charge is 0.478 e. The summed E-state index contributed by atoms with van der Waals surface area (Å²) in [7, 11) is 0. The van der Waals surface area contributed by atoms with Crippen molar-refractivity contribution in [3.8, 4) is 5.88 Å². The summed E-state index contributed by atoms with van der Waals surface area (Å²) in [6.07, 6.45) is 6.22. The van der Waals surface area contributed by atoms with Crippen molar-refractivity contribution in [3.63, 3.8) is 0 Å². The summed E-state index contributed by atoms with van der Waals surface area (Å²) in [5.74, 6) is 1.21. The molecular weight excluding hydrogens is 391 g/mol. The highest BCUT2D eigenvalue weighted by Crippen LogP contribution is 2.29. The number of rotatable bonds is 7. The Morgan fingerprint density at radius 1 is 1.10 bits per heavy atom. The van der Waals surface area contributed by atoms with Crippen LogP contribution in [0.2, 0.25) is 5.02 Å². The van der Waals surface area contributed by atoms with Crippen LogP contribution < -0.4 is 15.0 Å². The van der Waals surface area contributed by atoms with Crippen molar-refractivity contribution in [1.82, 2.24) is 9.88 Å². The summed E-state index contributed by atoms with van der Waals surface area (Å²) in [4.78, 5) is 9.12. The molecule has 1 saturated heterocycles. The lowest BCUT2D eigenvalue weighted by Crippen LogP contribution is -2.46. The smallest absolute Gasteiger partial charge is 0.215 e. The molecule has 0 aliphatic carbocycles. The molecule has 0 unspecified atom stereocenters. The first-order valence-electron chi connectivity index (χ1n) is 10.2. The topological polar surface area (TPSA) is 40.6 Å². The lowest BCUT2D eigenvalue weighted by molar-refractivity contribution is 0.236. The normalized spacial score (nSPS) is 16.4. The van der Waals surface area contributed by atoms with Crippen molar-refractivity contribution in [3.05, 3.63) is 52.8 Å². The Labute approximate surface area is 176 Å². The summed E-state index contributed by atoms with van der Waals surface area (Å²) < 4.78 is 19.5. The predicted molar refractivity (Wildman–Crippen MR) is 117 cm³/mol. The number of benzene rings is 1. The third-order valence-electron chi connectivity index (χ3n) is 5.35. The van der Waals surface area contributed by atoms with E-state index in [4.69, 9.17) is 16.3 Å². The van der Waals surface area contributed by atoms with Gasteiger partial charge in [-0.3, -0.25) is 4.90 Å². The van der Waals surface area contributed by atoms with Crippen LogP contribution >= 0.6 is 11.6 Å². The van der Waals surface area contributed by atoms with E-state index in [1.165, 1.54) is 6.07 Å². The van der Waals surface area contributed by atoms with Crippen molar-refractivity contribution in [2.45, 2.75) is 12.8 Å². The summed E-state index contributed by atoms with van der Waals surface area (Å²) in [5.41, 5.74) is 1.89. The molecule has 2 aliphatic heterocycles. The Bertz CT molecular complexity index is 868. The molecule has 0 bridgehead atoms. The molecule has 4 rings (SSSR count). The second-order valence-electron chi connectivity index (χ2n) is 7.33. The number of unbranched alkanes of at least 4 members (excludes halogenated alkanes) is 1. The quantitative estimate of drug-likeness (QED) is 0.682. The Kier molecular flexibility index (Phi) is 6.52. The summed E-state index contributed by atoms with van der Waals surface area (Å²) in [6, 6.07) is 8.96. The van der Waals surface area contributed by atoms with Crippen molar-refractivity contribution >= 4 is 29.2 Å². The molecule has 0 spiro atoms. The van der Waals surface area contributed by atoms with Crippen LogP contribution in [0, 0.1) is 5.82 Å². The van der Waals surface area contributed by atoms with Gasteiger partial charge in [0.05, 0.1) is 17.3 Å². The molecule has 154 valence electrons. The average molecular weight is 417 g/mol. The molecule has 2 aromatic rings. The number of hydrogen-bond acceptors (Lipinski definition) is 5. The van der Waals surface area contributed by atoms with Crippen molar-refractivity contribution in [2.75, 3.05) is 56.1 Å². The number of piperazine rings is 1. The molecule has 5 nitrogen and oxygen atoms in total. The van der Waals surface area contributed by atoms with E-state index in [9.17, 15) is 4.39 Å². The maximum Gasteiger partial charge on any atom is 0.215 e. The molecule has 1 N–H and O–H groups in total. The molecule has 0 radical (unpaired) electrons. The summed E-state index contributed by atoms with van der Waals surface area (Å²) in [6.45, 7) is 6.15. The summed E-state index contributed by atoms with van der Waals surface area (Å²) >= 11 is 6.11. The fraction of sp³-hybridized carbons (Fsp3) is 0.409. The number of nitrogens with one attached hydrogen (secondary N) is 1. The van der Waals surface area contributed by atoms with Gasteiger partial charge in [-0.2, -0.15) is 4.98 Å². The zero-order valence-corrected chi connectivity index (χ0v) is 17.2. The number of pyridine rings is 1. The van der Waals surface area contributed by atoms with Crippen LogP contribution in [0.5, 0.6) is 5.88 Å². The highest BCUT2D eigenvalue weighted by Gasteiger charge is 2.19. The van der Waals surface area contributed by atoms with Crippen LogP contribution in [-0.4, -0.2) is 55.8 Å². The molecule has 2 aliphatic rings. The molecule has 1 aromatic carbocycles. The van der Waals surface area contributed by atoms with Crippen LogP contribution in [0.1, 0.15) is 18.4 Å². The molecule has 1 fully saturated rings. The van der Waals surface area contributed by atoms with Gasteiger partial charge in [-0.1, -0.05) is 29.8 Å². The van der Waals surface area contributed by atoms with Gasteiger partial charge in [0.15, 0.2) is 0 Å². The number of fused-ring (bicyclic) bond motifs is 1. The van der Waals surface area contributed by atoms with E-state index < -0.39 is 0 Å². The lowest BCUT2D eigenvalue weighted by Gasteiger charge is -2.36. The molecule has 29 heavy (non-hydrogen) atoms. The molecule has 0 saturated carbocycles. The number of nitrogens with zero attached hydrogens (tertiary/aromatic N) is 3. The second-order valence-corrected chi connectivity index (χ2v) is 7.71. The van der Waals surface area contributed by atoms with Crippen molar-refractivity contribution < 1.29 is 9.13 Å². The van der Waals surface area contributed by atoms with Crippen molar-refractivity contribution in [2.24, 2.45) is 0 Å². The zero-order chi connectivity index (χ0) is 20.1. The van der Waals surface area contributed by atoms with Crippen LogP contribution in [0.4, 0.5) is 15.9 Å². The first-order chi connectivity index (χ1) is 14.2. The van der Waals surface area contributed by atoms with E-state index in [1.807, 2.05) is 18.2 Å². The van der Waals surface area contributed by atoms with Gasteiger partial charge >= 0.3 is 0 Å². The van der Waals surface area contributed by atoms with E-state index in [0.29, 0.717) is 12.5 Å². The molecule has 7 heteroatoms. The molecule has 3 heterocycles. The predicted octanol–water partition coefficient (Wildman–Crippen LogP) is 4.29. The Morgan fingerprint density at radius 2 is 1.97 bits per heavy atom. The first kappa shape index (κ1) is 20.0. The van der Waals surface area contributed by atoms with Gasteiger partial charge in [0.1, 0.15) is 11.6 Å². The van der Waals surface area contributed by atoms with Crippen molar-refractivity contribution in [1.29, 1.82) is 0 Å². The maximum atomic E-state index is 13.7. The Balaban J connectivity index is 1.15. The van der Waals surface area contributed by atoms with Gasteiger partial charge in [-0.15, -0.1) is 0 Å². The van der Waals surface area contributed by atoms with E-state index in [1.54, 1.807) is 6.07 Å². The van der Waals surface area contributed by atoms with E-state index in [2.05, 4.69) is 32.3 Å². The lowest BCUT2D eigenvalue weighted by atomic mass is 10.2. The third kappa shape index (κ3) is 5.00.